The van der Waals surface area contributed by atoms with Gasteiger partial charge >= 0.3 is 0 Å². The van der Waals surface area contributed by atoms with Gasteiger partial charge < -0.3 is 5.32 Å². The van der Waals surface area contributed by atoms with Crippen molar-refractivity contribution in [3.05, 3.63) is 42.5 Å². The van der Waals surface area contributed by atoms with Gasteiger partial charge in [0.15, 0.2) is 0 Å². The number of benzene rings is 1. The van der Waals surface area contributed by atoms with Crippen LogP contribution in [0.4, 0.5) is 5.69 Å². The molecule has 2 unspecified atom stereocenters. The second kappa shape index (κ2) is 6.29. The lowest BCUT2D eigenvalue weighted by Gasteiger charge is -2.36. The van der Waals surface area contributed by atoms with Crippen molar-refractivity contribution in [3.63, 3.8) is 0 Å². The van der Waals surface area contributed by atoms with Crippen LogP contribution in [-0.4, -0.2) is 20.8 Å². The van der Waals surface area contributed by atoms with Crippen LogP contribution in [0.2, 0.25) is 0 Å². The Kier molecular flexibility index (Phi) is 4.23. The Morgan fingerprint density at radius 3 is 2.48 bits per heavy atom. The van der Waals surface area contributed by atoms with E-state index in [2.05, 4.69) is 53.5 Å². The maximum Gasteiger partial charge on any atom is 0.137 e. The van der Waals surface area contributed by atoms with Crippen molar-refractivity contribution in [3.8, 4) is 0 Å². The van der Waals surface area contributed by atoms with Gasteiger partial charge in [0.25, 0.3) is 0 Å². The first-order valence-corrected chi connectivity index (χ1v) is 7.90. The van der Waals surface area contributed by atoms with E-state index in [4.69, 9.17) is 0 Å². The number of nitrogens with zero attached hydrogens (tertiary/aromatic N) is 3. The van der Waals surface area contributed by atoms with Crippen LogP contribution in [-0.2, 0) is 6.54 Å². The first kappa shape index (κ1) is 14.1. The van der Waals surface area contributed by atoms with E-state index in [0.717, 1.165) is 18.4 Å². The van der Waals surface area contributed by atoms with Gasteiger partial charge in [0.05, 0.1) is 6.54 Å². The van der Waals surface area contributed by atoms with Crippen molar-refractivity contribution in [1.29, 1.82) is 0 Å². The molecule has 1 aromatic heterocycles. The van der Waals surface area contributed by atoms with Crippen molar-refractivity contribution in [2.45, 2.75) is 45.7 Å². The fourth-order valence-corrected chi connectivity index (χ4v) is 3.37. The van der Waals surface area contributed by atoms with Gasteiger partial charge in [0.1, 0.15) is 12.7 Å². The molecule has 0 radical (unpaired) electrons. The van der Waals surface area contributed by atoms with Gasteiger partial charge in [-0.05, 0) is 42.4 Å². The van der Waals surface area contributed by atoms with E-state index in [0.29, 0.717) is 6.04 Å². The summed E-state index contributed by atoms with van der Waals surface area (Å²) in [7, 11) is 0. The van der Waals surface area contributed by atoms with E-state index in [1.807, 2.05) is 4.68 Å². The Hall–Kier alpha value is -1.84. The molecule has 3 rings (SSSR count). The minimum atomic E-state index is 0.597. The number of rotatable bonds is 4. The summed E-state index contributed by atoms with van der Waals surface area (Å²) < 4.78 is 1.84. The predicted molar refractivity (Wildman–Crippen MR) is 85.2 cm³/mol. The molecule has 0 saturated heterocycles. The van der Waals surface area contributed by atoms with Crippen molar-refractivity contribution < 1.29 is 0 Å². The van der Waals surface area contributed by atoms with Crippen LogP contribution in [0.3, 0.4) is 0 Å². The summed E-state index contributed by atoms with van der Waals surface area (Å²) in [6, 6.07) is 9.30. The molecular weight excluding hydrogens is 260 g/mol. The highest BCUT2D eigenvalue weighted by molar-refractivity contribution is 5.45. The van der Waals surface area contributed by atoms with Crippen LogP contribution in [0, 0.1) is 11.8 Å². The Balaban J connectivity index is 1.64. The Labute approximate surface area is 126 Å². The topological polar surface area (TPSA) is 42.7 Å². The molecule has 1 aliphatic rings. The maximum atomic E-state index is 4.14. The zero-order chi connectivity index (χ0) is 14.7. The van der Waals surface area contributed by atoms with Crippen LogP contribution < -0.4 is 5.32 Å². The van der Waals surface area contributed by atoms with Crippen LogP contribution in [0.25, 0.3) is 0 Å². The van der Waals surface area contributed by atoms with Crippen LogP contribution in [0.5, 0.6) is 0 Å². The van der Waals surface area contributed by atoms with Gasteiger partial charge in [-0.3, -0.25) is 0 Å². The quantitative estimate of drug-likeness (QED) is 0.933. The molecule has 21 heavy (non-hydrogen) atoms. The van der Waals surface area contributed by atoms with Crippen LogP contribution >= 0.6 is 0 Å². The fraction of sp³-hybridized carbons (Fsp3) is 0.529. The van der Waals surface area contributed by atoms with E-state index in [9.17, 15) is 0 Å². The third-order valence-corrected chi connectivity index (χ3v) is 4.64. The molecule has 4 heteroatoms. The second-order valence-electron chi connectivity index (χ2n) is 6.35. The number of hydrogen-bond acceptors (Lipinski definition) is 3. The summed E-state index contributed by atoms with van der Waals surface area (Å²) in [5.74, 6) is 1.51. The van der Waals surface area contributed by atoms with E-state index in [-0.39, 0.29) is 0 Å². The zero-order valence-corrected chi connectivity index (χ0v) is 12.9. The Morgan fingerprint density at radius 2 is 1.86 bits per heavy atom. The predicted octanol–water partition coefficient (Wildman–Crippen LogP) is 3.56. The largest absolute Gasteiger partial charge is 0.382 e. The number of aromatic nitrogens is 3. The highest BCUT2D eigenvalue weighted by atomic mass is 15.3. The molecule has 0 bridgehead atoms. The van der Waals surface area contributed by atoms with Gasteiger partial charge in [-0.25, -0.2) is 9.67 Å². The maximum absolute atomic E-state index is 4.14. The summed E-state index contributed by atoms with van der Waals surface area (Å²) in [5, 5.41) is 7.87. The molecule has 0 spiro atoms. The normalized spacial score (nSPS) is 25.7. The summed E-state index contributed by atoms with van der Waals surface area (Å²) in [6.07, 6.45) is 7.37. The van der Waals surface area contributed by atoms with Crippen molar-refractivity contribution in [2.24, 2.45) is 11.8 Å². The first-order valence-electron chi connectivity index (χ1n) is 7.90. The zero-order valence-electron chi connectivity index (χ0n) is 12.9. The molecule has 4 nitrogen and oxygen atoms in total. The molecule has 1 heterocycles. The SMILES string of the molecule is CC1CCCC(C)C1Nc1ccc(Cn2cncn2)cc1. The fourth-order valence-electron chi connectivity index (χ4n) is 3.37. The van der Waals surface area contributed by atoms with Gasteiger partial charge in [-0.15, -0.1) is 0 Å². The monoisotopic (exact) mass is 284 g/mol. The lowest BCUT2D eigenvalue weighted by Crippen LogP contribution is -2.37. The van der Waals surface area contributed by atoms with Crippen molar-refractivity contribution >= 4 is 5.69 Å². The highest BCUT2D eigenvalue weighted by Gasteiger charge is 2.27. The third-order valence-electron chi connectivity index (χ3n) is 4.64. The summed E-state index contributed by atoms with van der Waals surface area (Å²) >= 11 is 0. The van der Waals surface area contributed by atoms with Gasteiger partial charge in [0, 0.05) is 11.7 Å². The van der Waals surface area contributed by atoms with Gasteiger partial charge in [0.2, 0.25) is 0 Å². The Morgan fingerprint density at radius 1 is 1.14 bits per heavy atom. The highest BCUT2D eigenvalue weighted by Crippen LogP contribution is 2.31. The lowest BCUT2D eigenvalue weighted by molar-refractivity contribution is 0.268. The van der Waals surface area contributed by atoms with E-state index >= 15 is 0 Å². The van der Waals surface area contributed by atoms with Crippen LogP contribution in [0.1, 0.15) is 38.7 Å². The minimum absolute atomic E-state index is 0.597. The molecule has 1 N–H and O–H groups in total. The summed E-state index contributed by atoms with van der Waals surface area (Å²) in [6.45, 7) is 5.51. The van der Waals surface area contributed by atoms with Crippen molar-refractivity contribution in [1.82, 2.24) is 14.8 Å². The molecule has 2 aromatic rings. The van der Waals surface area contributed by atoms with Gasteiger partial charge in [-0.2, -0.15) is 5.10 Å². The van der Waals surface area contributed by atoms with Gasteiger partial charge in [-0.1, -0.05) is 32.4 Å². The summed E-state index contributed by atoms with van der Waals surface area (Å²) in [4.78, 5) is 3.97. The third kappa shape index (κ3) is 3.43. The van der Waals surface area contributed by atoms with E-state index in [1.54, 1.807) is 12.7 Å². The van der Waals surface area contributed by atoms with Crippen LogP contribution in [0.15, 0.2) is 36.9 Å². The van der Waals surface area contributed by atoms with E-state index in [1.165, 1.54) is 30.5 Å². The number of anilines is 1. The minimum Gasteiger partial charge on any atom is -0.382 e. The molecule has 1 saturated carbocycles. The van der Waals surface area contributed by atoms with Crippen molar-refractivity contribution in [2.75, 3.05) is 5.32 Å². The molecule has 2 atom stereocenters. The molecule has 1 aromatic carbocycles. The molecule has 0 aliphatic heterocycles. The second-order valence-corrected chi connectivity index (χ2v) is 6.35. The Bertz CT molecular complexity index is 537. The first-order chi connectivity index (χ1) is 10.2. The lowest BCUT2D eigenvalue weighted by atomic mass is 9.78. The smallest absolute Gasteiger partial charge is 0.137 e. The molecule has 1 fully saturated rings. The number of nitrogens with one attached hydrogen (secondary N) is 1. The summed E-state index contributed by atoms with van der Waals surface area (Å²) in [5.41, 5.74) is 2.47. The standard InChI is InChI=1S/C17H24N4/c1-13-4-3-5-14(2)17(13)20-16-8-6-15(7-9-16)10-21-12-18-11-19-21/h6-9,11-14,17,20H,3-5,10H2,1-2H3. The number of hydrogen-bond donors (Lipinski definition) is 1. The van der Waals surface area contributed by atoms with E-state index < -0.39 is 0 Å². The molecule has 0 amide bonds. The average molecular weight is 284 g/mol. The average Bonchev–Trinajstić information content (AvgIpc) is 2.98. The molecule has 112 valence electrons. The molecule has 1 aliphatic carbocycles. The molecular formula is C17H24N4.